The van der Waals surface area contributed by atoms with Gasteiger partial charge in [-0.25, -0.2) is 4.79 Å². The van der Waals surface area contributed by atoms with Crippen LogP contribution in [-0.2, 0) is 6.54 Å². The number of amides is 2. The first-order chi connectivity index (χ1) is 11.3. The van der Waals surface area contributed by atoms with Gasteiger partial charge in [-0.2, -0.15) is 0 Å². The number of nitrogens with one attached hydrogen (secondary N) is 1. The molecule has 2 saturated heterocycles. The number of nitrogens with zero attached hydrogens (tertiary/aromatic N) is 2. The van der Waals surface area contributed by atoms with Gasteiger partial charge in [0.15, 0.2) is 11.5 Å². The molecule has 1 N–H and O–H groups in total. The molecule has 6 heteroatoms. The maximum atomic E-state index is 12.5. The maximum Gasteiger partial charge on any atom is 0.317 e. The fraction of sp³-hybridized carbons (Fsp3) is 0.588. The van der Waals surface area contributed by atoms with Crippen LogP contribution < -0.4 is 14.8 Å². The molecule has 1 aromatic carbocycles. The van der Waals surface area contributed by atoms with Crippen molar-refractivity contribution in [3.8, 4) is 11.5 Å². The lowest BCUT2D eigenvalue weighted by molar-refractivity contribution is 0.174. The number of carbonyl (C=O) groups excluding carboxylic acids is 1. The van der Waals surface area contributed by atoms with Crippen molar-refractivity contribution in [2.45, 2.75) is 31.8 Å². The fourth-order valence-electron chi connectivity index (χ4n) is 3.73. The Bertz CT molecular complexity index is 592. The Morgan fingerprint density at radius 2 is 2.04 bits per heavy atom. The van der Waals surface area contributed by atoms with E-state index in [1.807, 2.05) is 23.1 Å². The van der Waals surface area contributed by atoms with Crippen LogP contribution in [-0.4, -0.2) is 54.8 Å². The number of hydrogen-bond donors (Lipinski definition) is 1. The zero-order valence-corrected chi connectivity index (χ0v) is 13.3. The Kier molecular flexibility index (Phi) is 3.99. The fourth-order valence-corrected chi connectivity index (χ4v) is 3.73. The predicted octanol–water partition coefficient (Wildman–Crippen LogP) is 1.79. The van der Waals surface area contributed by atoms with E-state index in [1.165, 1.54) is 19.4 Å². The molecule has 2 amide bonds. The van der Waals surface area contributed by atoms with Gasteiger partial charge in [0.25, 0.3) is 0 Å². The molecule has 2 fully saturated rings. The smallest absolute Gasteiger partial charge is 0.317 e. The monoisotopic (exact) mass is 317 g/mol. The molecule has 23 heavy (non-hydrogen) atoms. The summed E-state index contributed by atoms with van der Waals surface area (Å²) in [6.07, 6.45) is 3.54. The van der Waals surface area contributed by atoms with Crippen LogP contribution in [0.25, 0.3) is 0 Å². The number of carbonyl (C=O) groups is 1. The largest absolute Gasteiger partial charge is 0.454 e. The van der Waals surface area contributed by atoms with Crippen LogP contribution >= 0.6 is 0 Å². The van der Waals surface area contributed by atoms with Gasteiger partial charge < -0.3 is 19.7 Å². The van der Waals surface area contributed by atoms with Crippen LogP contribution in [0.2, 0.25) is 0 Å². The second-order valence-electron chi connectivity index (χ2n) is 6.48. The third-order valence-electron chi connectivity index (χ3n) is 4.97. The Labute approximate surface area is 136 Å². The summed E-state index contributed by atoms with van der Waals surface area (Å²) in [6.45, 7) is 4.80. The molecule has 0 bridgehead atoms. The lowest BCUT2D eigenvalue weighted by atomic mass is 10.2. The number of fused-ring (bicyclic) bond motifs is 2. The van der Waals surface area contributed by atoms with E-state index < -0.39 is 0 Å². The molecule has 6 nitrogen and oxygen atoms in total. The zero-order chi connectivity index (χ0) is 15.6. The third kappa shape index (κ3) is 3.08. The van der Waals surface area contributed by atoms with E-state index in [4.69, 9.17) is 9.47 Å². The minimum absolute atomic E-state index is 0.0383. The average molecular weight is 317 g/mol. The highest BCUT2D eigenvalue weighted by atomic mass is 16.7. The van der Waals surface area contributed by atoms with E-state index in [0.29, 0.717) is 12.6 Å². The van der Waals surface area contributed by atoms with E-state index in [2.05, 4.69) is 10.2 Å². The number of rotatable bonds is 2. The van der Waals surface area contributed by atoms with Gasteiger partial charge in [-0.1, -0.05) is 6.07 Å². The van der Waals surface area contributed by atoms with Gasteiger partial charge in [0.05, 0.1) is 0 Å². The molecular formula is C17H23N3O3. The molecule has 0 aliphatic carbocycles. The van der Waals surface area contributed by atoms with Gasteiger partial charge in [-0.05, 0) is 43.5 Å². The van der Waals surface area contributed by atoms with Crippen LogP contribution in [0.15, 0.2) is 18.2 Å². The van der Waals surface area contributed by atoms with E-state index in [-0.39, 0.29) is 12.8 Å². The molecule has 4 rings (SSSR count). The van der Waals surface area contributed by atoms with Crippen molar-refractivity contribution < 1.29 is 14.3 Å². The molecule has 0 radical (unpaired) electrons. The van der Waals surface area contributed by atoms with Crippen LogP contribution in [0.3, 0.4) is 0 Å². The number of urea groups is 1. The van der Waals surface area contributed by atoms with Crippen molar-refractivity contribution >= 4 is 6.03 Å². The highest BCUT2D eigenvalue weighted by Gasteiger charge is 2.30. The standard InChI is InChI=1S/C17H23N3O3/c21-17(20-8-2-7-19-6-1-3-14(19)11-20)18-10-13-4-5-15-16(9-13)23-12-22-15/h4-5,9,14H,1-3,6-8,10-12H2,(H,18,21). The van der Waals surface area contributed by atoms with Crippen molar-refractivity contribution in [1.82, 2.24) is 15.1 Å². The molecule has 124 valence electrons. The van der Waals surface area contributed by atoms with Gasteiger partial charge in [0.2, 0.25) is 6.79 Å². The molecule has 0 spiro atoms. The van der Waals surface area contributed by atoms with E-state index in [0.717, 1.165) is 43.1 Å². The topological polar surface area (TPSA) is 54.0 Å². The van der Waals surface area contributed by atoms with Gasteiger partial charge in [-0.3, -0.25) is 4.90 Å². The quantitative estimate of drug-likeness (QED) is 0.904. The summed E-state index contributed by atoms with van der Waals surface area (Å²) in [7, 11) is 0. The summed E-state index contributed by atoms with van der Waals surface area (Å²) in [5, 5.41) is 3.04. The van der Waals surface area contributed by atoms with Crippen molar-refractivity contribution in [3.63, 3.8) is 0 Å². The van der Waals surface area contributed by atoms with Crippen molar-refractivity contribution in [1.29, 1.82) is 0 Å². The van der Waals surface area contributed by atoms with Crippen LogP contribution in [0.4, 0.5) is 4.79 Å². The predicted molar refractivity (Wildman–Crippen MR) is 85.6 cm³/mol. The van der Waals surface area contributed by atoms with Crippen molar-refractivity contribution in [2.75, 3.05) is 33.0 Å². The van der Waals surface area contributed by atoms with Gasteiger partial charge in [-0.15, -0.1) is 0 Å². The average Bonchev–Trinajstić information content (AvgIpc) is 3.16. The Morgan fingerprint density at radius 3 is 3.00 bits per heavy atom. The van der Waals surface area contributed by atoms with Crippen molar-refractivity contribution in [2.24, 2.45) is 0 Å². The summed E-state index contributed by atoms with van der Waals surface area (Å²) in [4.78, 5) is 17.0. The van der Waals surface area contributed by atoms with E-state index >= 15 is 0 Å². The maximum absolute atomic E-state index is 12.5. The zero-order valence-electron chi connectivity index (χ0n) is 13.3. The van der Waals surface area contributed by atoms with Gasteiger partial charge >= 0.3 is 6.03 Å². The van der Waals surface area contributed by atoms with Crippen LogP contribution in [0.5, 0.6) is 11.5 Å². The summed E-state index contributed by atoms with van der Waals surface area (Å²) in [5.74, 6) is 1.53. The Balaban J connectivity index is 1.34. The minimum Gasteiger partial charge on any atom is -0.454 e. The second-order valence-corrected chi connectivity index (χ2v) is 6.48. The van der Waals surface area contributed by atoms with Crippen LogP contribution in [0.1, 0.15) is 24.8 Å². The summed E-state index contributed by atoms with van der Waals surface area (Å²) < 4.78 is 10.7. The van der Waals surface area contributed by atoms with E-state index in [1.54, 1.807) is 0 Å². The van der Waals surface area contributed by atoms with Gasteiger partial charge in [0, 0.05) is 32.2 Å². The molecule has 0 aromatic heterocycles. The molecule has 1 unspecified atom stereocenters. The lowest BCUT2D eigenvalue weighted by Gasteiger charge is -2.25. The highest BCUT2D eigenvalue weighted by Crippen LogP contribution is 2.32. The minimum atomic E-state index is 0.0383. The van der Waals surface area contributed by atoms with Crippen molar-refractivity contribution in [3.05, 3.63) is 23.8 Å². The highest BCUT2D eigenvalue weighted by molar-refractivity contribution is 5.74. The molecular weight excluding hydrogens is 294 g/mol. The molecule has 1 aromatic rings. The van der Waals surface area contributed by atoms with E-state index in [9.17, 15) is 4.79 Å². The summed E-state index contributed by atoms with van der Waals surface area (Å²) in [6, 6.07) is 6.38. The molecule has 3 heterocycles. The molecule has 1 atom stereocenters. The lowest BCUT2D eigenvalue weighted by Crippen LogP contribution is -2.44. The first-order valence-electron chi connectivity index (χ1n) is 8.45. The van der Waals surface area contributed by atoms with Gasteiger partial charge in [0.1, 0.15) is 0 Å². The Morgan fingerprint density at radius 1 is 1.17 bits per heavy atom. The number of hydrogen-bond acceptors (Lipinski definition) is 4. The number of benzene rings is 1. The normalized spacial score (nSPS) is 23.5. The first kappa shape index (κ1) is 14.6. The first-order valence-corrected chi connectivity index (χ1v) is 8.45. The molecule has 3 aliphatic heterocycles. The molecule has 0 saturated carbocycles. The molecule has 3 aliphatic rings. The Hall–Kier alpha value is -1.95. The number of ether oxygens (including phenoxy) is 2. The summed E-state index contributed by atoms with van der Waals surface area (Å²) in [5.41, 5.74) is 1.03. The van der Waals surface area contributed by atoms with Crippen LogP contribution in [0, 0.1) is 0 Å². The second kappa shape index (κ2) is 6.28. The third-order valence-corrected chi connectivity index (χ3v) is 4.97. The SMILES string of the molecule is O=C(NCc1ccc2c(c1)OCO2)N1CCCN2CCCC2C1. The summed E-state index contributed by atoms with van der Waals surface area (Å²) >= 11 is 0.